The summed E-state index contributed by atoms with van der Waals surface area (Å²) in [5, 5.41) is 9.22. The minimum Gasteiger partial charge on any atom is -0.394 e. The molecule has 0 spiro atoms. The second kappa shape index (κ2) is 5.13. The molecule has 0 rings (SSSR count). The van der Waals surface area contributed by atoms with Crippen LogP contribution in [0.1, 0.15) is 54.4 Å². The Morgan fingerprint density at radius 2 is 1.64 bits per heavy atom. The Kier molecular flexibility index (Phi) is 5.10. The average Bonchev–Trinajstić information content (AvgIpc) is 2.00. The maximum Gasteiger partial charge on any atom is 0.0817 e. The van der Waals surface area contributed by atoms with Gasteiger partial charge in [0.1, 0.15) is 0 Å². The first kappa shape index (κ1) is 13.9. The van der Waals surface area contributed by atoms with E-state index in [9.17, 15) is 5.11 Å². The van der Waals surface area contributed by atoms with Crippen molar-refractivity contribution < 1.29 is 9.84 Å². The third-order valence-electron chi connectivity index (χ3n) is 2.46. The van der Waals surface area contributed by atoms with Crippen LogP contribution in [0, 0.1) is 5.41 Å². The number of hydrogen-bond donors (Lipinski definition) is 1. The van der Waals surface area contributed by atoms with Crippen molar-refractivity contribution in [3.05, 3.63) is 0 Å². The number of aliphatic hydroxyl groups excluding tert-OH is 1. The van der Waals surface area contributed by atoms with Gasteiger partial charge < -0.3 is 9.84 Å². The first-order valence-corrected chi connectivity index (χ1v) is 5.49. The van der Waals surface area contributed by atoms with Crippen molar-refractivity contribution >= 4 is 0 Å². The van der Waals surface area contributed by atoms with Gasteiger partial charge in [-0.2, -0.15) is 0 Å². The van der Waals surface area contributed by atoms with Gasteiger partial charge in [0, 0.05) is 0 Å². The van der Waals surface area contributed by atoms with Crippen molar-refractivity contribution in [1.29, 1.82) is 0 Å². The van der Waals surface area contributed by atoms with Crippen molar-refractivity contribution in [1.82, 2.24) is 0 Å². The summed E-state index contributed by atoms with van der Waals surface area (Å²) in [6.45, 7) is 12.8. The van der Waals surface area contributed by atoms with Crippen molar-refractivity contribution in [2.45, 2.75) is 66.1 Å². The minimum absolute atomic E-state index is 0.0371. The summed E-state index contributed by atoms with van der Waals surface area (Å²) in [5.41, 5.74) is 0.0792. The summed E-state index contributed by atoms with van der Waals surface area (Å²) in [4.78, 5) is 0. The van der Waals surface area contributed by atoms with Gasteiger partial charge in [0.25, 0.3) is 0 Å². The molecule has 0 saturated heterocycles. The number of aliphatic hydroxyl groups is 1. The maximum absolute atomic E-state index is 9.22. The van der Waals surface area contributed by atoms with Crippen molar-refractivity contribution in [3.63, 3.8) is 0 Å². The summed E-state index contributed by atoms with van der Waals surface area (Å²) in [6, 6.07) is 0. The molecule has 86 valence electrons. The van der Waals surface area contributed by atoms with Gasteiger partial charge in [0.2, 0.25) is 0 Å². The summed E-state index contributed by atoms with van der Waals surface area (Å²) in [5.74, 6) is 0. The first-order valence-electron chi connectivity index (χ1n) is 5.49. The summed E-state index contributed by atoms with van der Waals surface area (Å²) >= 11 is 0. The highest BCUT2D eigenvalue weighted by atomic mass is 16.5. The second-order valence-electron chi connectivity index (χ2n) is 5.76. The van der Waals surface area contributed by atoms with Crippen LogP contribution in [0.25, 0.3) is 0 Å². The Balaban J connectivity index is 4.17. The summed E-state index contributed by atoms with van der Waals surface area (Å²) < 4.78 is 5.77. The van der Waals surface area contributed by atoms with E-state index in [0.717, 1.165) is 12.8 Å². The van der Waals surface area contributed by atoms with Crippen molar-refractivity contribution in [2.75, 3.05) is 6.61 Å². The normalized spacial score (nSPS) is 15.6. The molecule has 0 aliphatic rings. The van der Waals surface area contributed by atoms with Crippen LogP contribution < -0.4 is 0 Å². The van der Waals surface area contributed by atoms with Crippen LogP contribution in [0.4, 0.5) is 0 Å². The molecule has 1 N–H and O–H groups in total. The summed E-state index contributed by atoms with van der Waals surface area (Å²) in [7, 11) is 0. The van der Waals surface area contributed by atoms with E-state index in [4.69, 9.17) is 4.74 Å². The summed E-state index contributed by atoms with van der Waals surface area (Å²) in [6.07, 6.45) is 1.99. The largest absolute Gasteiger partial charge is 0.394 e. The molecule has 0 aliphatic carbocycles. The Morgan fingerprint density at radius 3 is 1.93 bits per heavy atom. The van der Waals surface area contributed by atoms with Crippen LogP contribution in [0.5, 0.6) is 0 Å². The van der Waals surface area contributed by atoms with Crippen LogP contribution in [0.3, 0.4) is 0 Å². The standard InChI is InChI=1S/C12H26O2/c1-7-12(5,6)8-10(9-13)14-11(2,3)4/h10,13H,7-9H2,1-6H3. The molecule has 0 aromatic carbocycles. The molecule has 14 heavy (non-hydrogen) atoms. The van der Waals surface area contributed by atoms with Crippen molar-refractivity contribution in [2.24, 2.45) is 5.41 Å². The Bertz CT molecular complexity index is 156. The smallest absolute Gasteiger partial charge is 0.0817 e. The molecule has 0 aromatic rings. The molecular formula is C12H26O2. The highest BCUT2D eigenvalue weighted by Gasteiger charge is 2.25. The predicted octanol–water partition coefficient (Wildman–Crippen LogP) is 2.99. The quantitative estimate of drug-likeness (QED) is 0.742. The van der Waals surface area contributed by atoms with Crippen LogP contribution in [0.15, 0.2) is 0 Å². The van der Waals surface area contributed by atoms with Gasteiger partial charge in [-0.25, -0.2) is 0 Å². The minimum atomic E-state index is -0.169. The van der Waals surface area contributed by atoms with Crippen molar-refractivity contribution in [3.8, 4) is 0 Å². The zero-order valence-electron chi connectivity index (χ0n) is 10.6. The topological polar surface area (TPSA) is 29.5 Å². The third-order valence-corrected chi connectivity index (χ3v) is 2.46. The van der Waals surface area contributed by atoms with Gasteiger partial charge in [0.05, 0.1) is 18.3 Å². The van der Waals surface area contributed by atoms with E-state index >= 15 is 0 Å². The van der Waals surface area contributed by atoms with Crippen LogP contribution >= 0.6 is 0 Å². The molecule has 0 heterocycles. The zero-order valence-corrected chi connectivity index (χ0v) is 10.6. The monoisotopic (exact) mass is 202 g/mol. The van der Waals surface area contributed by atoms with E-state index in [1.165, 1.54) is 0 Å². The van der Waals surface area contributed by atoms with E-state index in [1.807, 2.05) is 20.8 Å². The highest BCUT2D eigenvalue weighted by Crippen LogP contribution is 2.28. The van der Waals surface area contributed by atoms with Crippen LogP contribution in [-0.4, -0.2) is 23.4 Å². The van der Waals surface area contributed by atoms with E-state index in [0.29, 0.717) is 0 Å². The lowest BCUT2D eigenvalue weighted by atomic mass is 9.84. The van der Waals surface area contributed by atoms with E-state index in [-0.39, 0.29) is 23.7 Å². The molecule has 1 unspecified atom stereocenters. The fourth-order valence-electron chi connectivity index (χ4n) is 1.40. The average molecular weight is 202 g/mol. The van der Waals surface area contributed by atoms with Gasteiger partial charge in [-0.3, -0.25) is 0 Å². The second-order valence-corrected chi connectivity index (χ2v) is 5.76. The molecule has 1 atom stereocenters. The van der Waals surface area contributed by atoms with E-state index < -0.39 is 0 Å². The fraction of sp³-hybridized carbons (Fsp3) is 1.00. The Morgan fingerprint density at radius 1 is 1.14 bits per heavy atom. The van der Waals surface area contributed by atoms with Gasteiger partial charge in [-0.05, 0) is 32.6 Å². The Labute approximate surface area is 88.7 Å². The lowest BCUT2D eigenvalue weighted by Gasteiger charge is -2.32. The number of rotatable bonds is 5. The molecule has 2 heteroatoms. The molecule has 0 amide bonds. The third kappa shape index (κ3) is 6.39. The number of ether oxygens (including phenoxy) is 1. The lowest BCUT2D eigenvalue weighted by Crippen LogP contribution is -2.33. The van der Waals surface area contributed by atoms with Crippen LogP contribution in [-0.2, 0) is 4.74 Å². The van der Waals surface area contributed by atoms with Gasteiger partial charge in [0.15, 0.2) is 0 Å². The molecular weight excluding hydrogens is 176 g/mol. The van der Waals surface area contributed by atoms with Gasteiger partial charge >= 0.3 is 0 Å². The van der Waals surface area contributed by atoms with Gasteiger partial charge in [-0.1, -0.05) is 27.2 Å². The zero-order chi connectivity index (χ0) is 11.4. The number of hydrogen-bond acceptors (Lipinski definition) is 2. The fourth-order valence-corrected chi connectivity index (χ4v) is 1.40. The maximum atomic E-state index is 9.22. The molecule has 0 radical (unpaired) electrons. The molecule has 2 nitrogen and oxygen atoms in total. The highest BCUT2D eigenvalue weighted by molar-refractivity contribution is 4.74. The molecule has 0 saturated carbocycles. The van der Waals surface area contributed by atoms with Crippen LogP contribution in [0.2, 0.25) is 0 Å². The van der Waals surface area contributed by atoms with E-state index in [1.54, 1.807) is 0 Å². The molecule has 0 bridgehead atoms. The lowest BCUT2D eigenvalue weighted by molar-refractivity contribution is -0.0948. The molecule has 0 aliphatic heterocycles. The molecule has 0 fully saturated rings. The van der Waals surface area contributed by atoms with Gasteiger partial charge in [-0.15, -0.1) is 0 Å². The first-order chi connectivity index (χ1) is 6.20. The van der Waals surface area contributed by atoms with E-state index in [2.05, 4.69) is 20.8 Å². The predicted molar refractivity (Wildman–Crippen MR) is 60.4 cm³/mol. The molecule has 0 aromatic heterocycles. The Hall–Kier alpha value is -0.0800. The SMILES string of the molecule is CCC(C)(C)CC(CO)OC(C)(C)C.